The maximum atomic E-state index is 16.4. The van der Waals surface area contributed by atoms with Crippen LogP contribution in [0.2, 0.25) is 5.02 Å². The number of pyridine rings is 1. The molecule has 2 saturated heterocycles. The minimum atomic E-state index is -4.59. The molecule has 0 atom stereocenters. The Morgan fingerprint density at radius 2 is 1.85 bits per heavy atom. The van der Waals surface area contributed by atoms with E-state index in [0.29, 0.717) is 22.8 Å². The molecule has 1 aromatic carbocycles. The Hall–Kier alpha value is -2.76. The monoisotopic (exact) mass is 594 g/mol. The summed E-state index contributed by atoms with van der Waals surface area (Å²) in [7, 11) is 1.48. The minimum Gasteiger partial charge on any atom is -0.467 e. The molecule has 2 aromatic heterocycles. The second-order valence-corrected chi connectivity index (χ2v) is 11.5. The van der Waals surface area contributed by atoms with Crippen LogP contribution in [0.15, 0.2) is 18.3 Å². The van der Waals surface area contributed by atoms with Crippen molar-refractivity contribution in [2.45, 2.75) is 69.0 Å². The summed E-state index contributed by atoms with van der Waals surface area (Å²) in [5.41, 5.74) is 1.12. The molecule has 3 aliphatic rings. The first kappa shape index (κ1) is 28.4. The lowest BCUT2D eigenvalue weighted by molar-refractivity contribution is -0.153. The van der Waals surface area contributed by atoms with Crippen molar-refractivity contribution < 1.29 is 31.8 Å². The van der Waals surface area contributed by atoms with E-state index >= 15 is 4.39 Å². The summed E-state index contributed by atoms with van der Waals surface area (Å²) in [4.78, 5) is 15.7. The molecular weight excluding hydrogens is 564 g/mol. The van der Waals surface area contributed by atoms with Crippen molar-refractivity contribution in [3.63, 3.8) is 0 Å². The normalized spacial score (nSPS) is 18.7. The molecule has 1 aliphatic carbocycles. The molecule has 0 bridgehead atoms. The molecule has 0 spiro atoms. The molecule has 220 valence electrons. The summed E-state index contributed by atoms with van der Waals surface area (Å²) < 4.78 is 71.3. The van der Waals surface area contributed by atoms with Gasteiger partial charge in [-0.05, 0) is 81.6 Å². The molecule has 0 unspecified atom stereocenters. The Kier molecular flexibility index (Phi) is 7.71. The predicted octanol–water partition coefficient (Wildman–Crippen LogP) is 6.85. The molecule has 4 heterocycles. The number of fused-ring (bicyclic) bond motifs is 2. The summed E-state index contributed by atoms with van der Waals surface area (Å²) in [6.45, 7) is 0.504. The lowest BCUT2D eigenvalue weighted by Gasteiger charge is -2.32. The van der Waals surface area contributed by atoms with Gasteiger partial charge in [-0.3, -0.25) is 9.88 Å². The molecule has 0 amide bonds. The van der Waals surface area contributed by atoms with Gasteiger partial charge >= 0.3 is 6.18 Å². The minimum absolute atomic E-state index is 0.00746. The van der Waals surface area contributed by atoms with E-state index in [2.05, 4.69) is 19.9 Å². The van der Waals surface area contributed by atoms with Gasteiger partial charge in [0.05, 0.1) is 5.39 Å². The molecule has 1 saturated carbocycles. The number of rotatable bonds is 10. The molecule has 2 aliphatic heterocycles. The van der Waals surface area contributed by atoms with Crippen LogP contribution in [0.5, 0.6) is 11.6 Å². The fourth-order valence-electron chi connectivity index (χ4n) is 6.40. The van der Waals surface area contributed by atoms with E-state index in [1.807, 2.05) is 0 Å². The van der Waals surface area contributed by atoms with E-state index in [9.17, 15) is 13.2 Å². The fraction of sp³-hybridized carbons (Fsp3) is 0.552. The highest BCUT2D eigenvalue weighted by Gasteiger charge is 2.43. The van der Waals surface area contributed by atoms with Gasteiger partial charge in [0.15, 0.2) is 19.2 Å². The van der Waals surface area contributed by atoms with Crippen molar-refractivity contribution in [3.8, 4) is 22.9 Å². The smallest absolute Gasteiger partial charge is 0.422 e. The number of aromatic nitrogens is 3. The lowest BCUT2D eigenvalue weighted by atomic mass is 9.89. The van der Waals surface area contributed by atoms with Gasteiger partial charge in [0.1, 0.15) is 22.8 Å². The number of nitrogens with zero attached hydrogens (tertiary/aromatic N) is 4. The number of alkyl halides is 3. The van der Waals surface area contributed by atoms with Gasteiger partial charge in [0.2, 0.25) is 5.88 Å². The third kappa shape index (κ3) is 5.81. The van der Waals surface area contributed by atoms with Gasteiger partial charge in [-0.2, -0.15) is 18.2 Å². The molecule has 0 radical (unpaired) electrons. The van der Waals surface area contributed by atoms with Gasteiger partial charge in [-0.1, -0.05) is 11.6 Å². The molecule has 6 rings (SSSR count). The number of hydrogen-bond donors (Lipinski definition) is 0. The van der Waals surface area contributed by atoms with E-state index in [4.69, 9.17) is 25.8 Å². The SMILES string of the molecule is COCOc1cc(Cl)c(C2CC2)c(-c2ncc3c(OCC(F)(F)F)nc(CCC45CCCN4CCC5)nc3c2F)c1. The van der Waals surface area contributed by atoms with E-state index in [-0.39, 0.29) is 46.6 Å². The van der Waals surface area contributed by atoms with E-state index in [0.717, 1.165) is 63.6 Å². The topological polar surface area (TPSA) is 69.6 Å². The van der Waals surface area contributed by atoms with Crippen molar-refractivity contribution in [2.75, 3.05) is 33.6 Å². The van der Waals surface area contributed by atoms with Crippen molar-refractivity contribution >= 4 is 22.5 Å². The van der Waals surface area contributed by atoms with Gasteiger partial charge < -0.3 is 14.2 Å². The van der Waals surface area contributed by atoms with E-state index in [1.165, 1.54) is 13.3 Å². The third-order valence-electron chi connectivity index (χ3n) is 8.38. The van der Waals surface area contributed by atoms with Gasteiger partial charge in [0, 0.05) is 35.9 Å². The average molecular weight is 595 g/mol. The Morgan fingerprint density at radius 1 is 1.10 bits per heavy atom. The summed E-state index contributed by atoms with van der Waals surface area (Å²) in [5.74, 6) is -0.322. The molecule has 0 N–H and O–H groups in total. The lowest BCUT2D eigenvalue weighted by Crippen LogP contribution is -2.38. The molecule has 7 nitrogen and oxygen atoms in total. The van der Waals surface area contributed by atoms with Crippen molar-refractivity contribution in [3.05, 3.63) is 40.6 Å². The van der Waals surface area contributed by atoms with Crippen molar-refractivity contribution in [2.24, 2.45) is 0 Å². The first-order valence-electron chi connectivity index (χ1n) is 13.9. The van der Waals surface area contributed by atoms with Crippen LogP contribution in [-0.2, 0) is 11.2 Å². The second-order valence-electron chi connectivity index (χ2n) is 11.1. The Labute approximate surface area is 240 Å². The van der Waals surface area contributed by atoms with E-state index in [1.54, 1.807) is 12.1 Å². The standard InChI is InChI=1S/C29H31ClF4N4O3/c1-39-16-41-18-12-19(23(17-4-5-17)21(30)13-18)25-24(31)26-20(14-35-25)27(40-15-29(32,33)34)37-22(36-26)6-9-28-7-2-10-38(28)11-3-8-28/h12-14,17H,2-11,15-16H2,1H3. The first-order valence-corrected chi connectivity index (χ1v) is 14.3. The number of hydrogen-bond acceptors (Lipinski definition) is 7. The van der Waals surface area contributed by atoms with Crippen LogP contribution >= 0.6 is 11.6 Å². The van der Waals surface area contributed by atoms with Crippen LogP contribution in [0, 0.1) is 5.82 Å². The first-order chi connectivity index (χ1) is 19.7. The Balaban J connectivity index is 1.42. The highest BCUT2D eigenvalue weighted by atomic mass is 35.5. The second kappa shape index (κ2) is 11.1. The van der Waals surface area contributed by atoms with Crippen LogP contribution in [0.1, 0.15) is 62.3 Å². The number of benzene rings is 1. The number of halogens is 5. The molecule has 41 heavy (non-hydrogen) atoms. The summed E-state index contributed by atoms with van der Waals surface area (Å²) in [6, 6.07) is 3.32. The Bertz CT molecular complexity index is 1440. The maximum Gasteiger partial charge on any atom is 0.422 e. The molecule has 3 aromatic rings. The summed E-state index contributed by atoms with van der Waals surface area (Å²) >= 11 is 6.62. The molecular formula is C29H31ClF4N4O3. The zero-order valence-corrected chi connectivity index (χ0v) is 23.5. The predicted molar refractivity (Wildman–Crippen MR) is 145 cm³/mol. The summed E-state index contributed by atoms with van der Waals surface area (Å²) in [6.07, 6.45) is 3.98. The zero-order chi connectivity index (χ0) is 28.8. The van der Waals surface area contributed by atoms with Crippen molar-refractivity contribution in [1.82, 2.24) is 19.9 Å². The van der Waals surface area contributed by atoms with Crippen LogP contribution < -0.4 is 9.47 Å². The Morgan fingerprint density at radius 3 is 2.54 bits per heavy atom. The highest BCUT2D eigenvalue weighted by molar-refractivity contribution is 6.32. The van der Waals surface area contributed by atoms with Crippen LogP contribution in [0.25, 0.3) is 22.2 Å². The van der Waals surface area contributed by atoms with Crippen molar-refractivity contribution in [1.29, 1.82) is 0 Å². The zero-order valence-electron chi connectivity index (χ0n) is 22.7. The number of ether oxygens (including phenoxy) is 3. The largest absolute Gasteiger partial charge is 0.467 e. The fourth-order valence-corrected chi connectivity index (χ4v) is 6.76. The molecule has 12 heteroatoms. The van der Waals surface area contributed by atoms with Crippen LogP contribution in [-0.4, -0.2) is 65.2 Å². The third-order valence-corrected chi connectivity index (χ3v) is 8.69. The molecule has 3 fully saturated rings. The number of methoxy groups -OCH3 is 1. The van der Waals surface area contributed by atoms with E-state index < -0.39 is 18.6 Å². The quantitative estimate of drug-likeness (QED) is 0.188. The van der Waals surface area contributed by atoms with Gasteiger partial charge in [-0.25, -0.2) is 9.37 Å². The number of aryl methyl sites for hydroxylation is 1. The van der Waals surface area contributed by atoms with Crippen LogP contribution in [0.3, 0.4) is 0 Å². The van der Waals surface area contributed by atoms with Crippen LogP contribution in [0.4, 0.5) is 17.6 Å². The van der Waals surface area contributed by atoms with Gasteiger partial charge in [-0.15, -0.1) is 0 Å². The van der Waals surface area contributed by atoms with Gasteiger partial charge in [0.25, 0.3) is 0 Å². The average Bonchev–Trinajstić information content (AvgIpc) is 3.56. The maximum absolute atomic E-state index is 16.4. The summed E-state index contributed by atoms with van der Waals surface area (Å²) in [5, 5.41) is 0.401. The highest BCUT2D eigenvalue weighted by Crippen LogP contribution is 2.49.